The summed E-state index contributed by atoms with van der Waals surface area (Å²) >= 11 is 0. The van der Waals surface area contributed by atoms with E-state index >= 15 is 0 Å². The second-order valence-corrected chi connectivity index (χ2v) is 8.28. The Bertz CT molecular complexity index is 1410. The van der Waals surface area contributed by atoms with Crippen LogP contribution in [0.3, 0.4) is 0 Å². The molecule has 0 bridgehead atoms. The SMILES string of the molecule is CCOC(=O)c1cccc(N2C(=O)C(=O)/C(=C(/O)c3ccc(OC)c(OC)c3)C2c2ccc(OC)cc2)c1. The first kappa shape index (κ1) is 26.3. The summed E-state index contributed by atoms with van der Waals surface area (Å²) in [5.41, 5.74) is 1.21. The van der Waals surface area contributed by atoms with Crippen LogP contribution in [0.25, 0.3) is 5.76 Å². The Morgan fingerprint density at radius 2 is 1.58 bits per heavy atom. The minimum atomic E-state index is -0.994. The standard InChI is InChI=1S/C29H27NO8/c1-5-38-29(34)19-7-6-8-20(15-19)30-25(17-9-12-21(35-2)13-10-17)24(27(32)28(30)33)26(31)18-11-14-22(36-3)23(16-18)37-4/h6-16,25,31H,5H2,1-4H3/b26-24+. The lowest BCUT2D eigenvalue weighted by Crippen LogP contribution is -2.29. The van der Waals surface area contributed by atoms with Crippen LogP contribution < -0.4 is 19.1 Å². The summed E-state index contributed by atoms with van der Waals surface area (Å²) in [6, 6.07) is 16.7. The van der Waals surface area contributed by atoms with Crippen LogP contribution in [0.1, 0.15) is 34.5 Å². The van der Waals surface area contributed by atoms with E-state index in [1.807, 2.05) is 0 Å². The number of esters is 1. The lowest BCUT2D eigenvalue weighted by atomic mass is 9.95. The van der Waals surface area contributed by atoms with Gasteiger partial charge in [0.05, 0.1) is 45.1 Å². The first-order chi connectivity index (χ1) is 18.3. The van der Waals surface area contributed by atoms with Crippen molar-refractivity contribution < 1.29 is 38.4 Å². The largest absolute Gasteiger partial charge is 0.507 e. The third-order valence-electron chi connectivity index (χ3n) is 6.17. The zero-order valence-corrected chi connectivity index (χ0v) is 21.4. The predicted octanol–water partition coefficient (Wildman–Crippen LogP) is 4.52. The molecule has 0 aromatic heterocycles. The summed E-state index contributed by atoms with van der Waals surface area (Å²) in [4.78, 5) is 40.5. The van der Waals surface area contributed by atoms with Gasteiger partial charge in [-0.2, -0.15) is 0 Å². The van der Waals surface area contributed by atoms with Gasteiger partial charge in [-0.3, -0.25) is 14.5 Å². The van der Waals surface area contributed by atoms with E-state index in [0.29, 0.717) is 28.5 Å². The van der Waals surface area contributed by atoms with Gasteiger partial charge in [-0.1, -0.05) is 18.2 Å². The zero-order chi connectivity index (χ0) is 27.4. The second-order valence-electron chi connectivity index (χ2n) is 8.28. The molecule has 0 radical (unpaired) electrons. The van der Waals surface area contributed by atoms with Crippen molar-refractivity contribution in [1.29, 1.82) is 0 Å². The van der Waals surface area contributed by atoms with Crippen LogP contribution in [0.4, 0.5) is 5.69 Å². The fourth-order valence-electron chi connectivity index (χ4n) is 4.34. The van der Waals surface area contributed by atoms with Crippen molar-refractivity contribution in [2.75, 3.05) is 32.8 Å². The zero-order valence-electron chi connectivity index (χ0n) is 21.4. The van der Waals surface area contributed by atoms with Gasteiger partial charge in [-0.25, -0.2) is 4.79 Å². The van der Waals surface area contributed by atoms with Crippen molar-refractivity contribution in [3.05, 3.63) is 89.0 Å². The van der Waals surface area contributed by atoms with Crippen molar-refractivity contribution in [2.45, 2.75) is 13.0 Å². The lowest BCUT2D eigenvalue weighted by Gasteiger charge is -2.26. The number of anilines is 1. The number of Topliss-reactive ketones (excluding diaryl/α,β-unsaturated/α-hetero) is 1. The number of methoxy groups -OCH3 is 3. The molecule has 3 aromatic carbocycles. The van der Waals surface area contributed by atoms with Gasteiger partial charge in [0.25, 0.3) is 11.7 Å². The van der Waals surface area contributed by atoms with Gasteiger partial charge in [0.1, 0.15) is 11.5 Å². The number of ketones is 1. The third-order valence-corrected chi connectivity index (χ3v) is 6.17. The first-order valence-corrected chi connectivity index (χ1v) is 11.8. The summed E-state index contributed by atoms with van der Waals surface area (Å²) in [6.07, 6.45) is 0. The van der Waals surface area contributed by atoms with Gasteiger partial charge in [0.2, 0.25) is 0 Å². The summed E-state index contributed by atoms with van der Waals surface area (Å²) in [7, 11) is 4.46. The van der Waals surface area contributed by atoms with Crippen LogP contribution >= 0.6 is 0 Å². The van der Waals surface area contributed by atoms with Crippen LogP contribution in [-0.2, 0) is 14.3 Å². The number of hydrogen-bond acceptors (Lipinski definition) is 8. The molecule has 1 fully saturated rings. The molecule has 1 unspecified atom stereocenters. The minimum Gasteiger partial charge on any atom is -0.507 e. The van der Waals surface area contributed by atoms with E-state index < -0.39 is 23.7 Å². The molecule has 1 saturated heterocycles. The Kier molecular flexibility index (Phi) is 7.66. The summed E-state index contributed by atoms with van der Waals surface area (Å²) in [6.45, 7) is 1.88. The molecule has 3 aromatic rings. The van der Waals surface area contributed by atoms with Crippen LogP contribution in [0.2, 0.25) is 0 Å². The Balaban J connectivity index is 1.91. The van der Waals surface area contributed by atoms with E-state index in [0.717, 1.165) is 0 Å². The number of amides is 1. The summed E-state index contributed by atoms with van der Waals surface area (Å²) < 4.78 is 21.0. The highest BCUT2D eigenvalue weighted by atomic mass is 16.5. The molecular weight excluding hydrogens is 490 g/mol. The van der Waals surface area contributed by atoms with Gasteiger partial charge in [-0.05, 0) is 61.0 Å². The highest BCUT2D eigenvalue weighted by Gasteiger charge is 2.47. The van der Waals surface area contributed by atoms with E-state index in [4.69, 9.17) is 18.9 Å². The summed E-state index contributed by atoms with van der Waals surface area (Å²) in [5.74, 6) is -1.31. The topological polar surface area (TPSA) is 112 Å². The number of aliphatic hydroxyl groups is 1. The average molecular weight is 518 g/mol. The summed E-state index contributed by atoms with van der Waals surface area (Å²) in [5, 5.41) is 11.4. The maximum Gasteiger partial charge on any atom is 0.338 e. The van der Waals surface area contributed by atoms with Gasteiger partial charge in [0, 0.05) is 11.3 Å². The molecule has 1 aliphatic rings. The third kappa shape index (κ3) is 4.78. The van der Waals surface area contributed by atoms with E-state index in [9.17, 15) is 19.5 Å². The molecule has 4 rings (SSSR count). The number of aliphatic hydroxyl groups excluding tert-OH is 1. The lowest BCUT2D eigenvalue weighted by molar-refractivity contribution is -0.132. The number of rotatable bonds is 8. The van der Waals surface area contributed by atoms with Crippen molar-refractivity contribution in [1.82, 2.24) is 0 Å². The van der Waals surface area contributed by atoms with Crippen molar-refractivity contribution in [3.63, 3.8) is 0 Å². The van der Waals surface area contributed by atoms with Crippen molar-refractivity contribution in [2.24, 2.45) is 0 Å². The molecule has 9 heteroatoms. The van der Waals surface area contributed by atoms with Gasteiger partial charge in [-0.15, -0.1) is 0 Å². The Hall–Kier alpha value is -4.79. The van der Waals surface area contributed by atoms with Crippen LogP contribution in [0.15, 0.2) is 72.3 Å². The van der Waals surface area contributed by atoms with Crippen LogP contribution in [0, 0.1) is 0 Å². The number of carbonyl (C=O) groups is 3. The number of ether oxygens (including phenoxy) is 4. The fraction of sp³-hybridized carbons (Fsp3) is 0.207. The van der Waals surface area contributed by atoms with Gasteiger partial charge in [0.15, 0.2) is 11.5 Å². The molecule has 0 aliphatic carbocycles. The molecule has 38 heavy (non-hydrogen) atoms. The highest BCUT2D eigenvalue weighted by molar-refractivity contribution is 6.51. The smallest absolute Gasteiger partial charge is 0.338 e. The maximum absolute atomic E-state index is 13.4. The van der Waals surface area contributed by atoms with Gasteiger partial charge >= 0.3 is 5.97 Å². The van der Waals surface area contributed by atoms with Crippen LogP contribution in [-0.4, -0.2) is 50.7 Å². The molecule has 9 nitrogen and oxygen atoms in total. The highest BCUT2D eigenvalue weighted by Crippen LogP contribution is 2.43. The minimum absolute atomic E-state index is 0.117. The Morgan fingerprint density at radius 3 is 2.21 bits per heavy atom. The molecule has 1 heterocycles. The number of hydrogen-bond donors (Lipinski definition) is 1. The van der Waals surface area contributed by atoms with E-state index in [1.165, 1.54) is 38.4 Å². The molecule has 1 N–H and O–H groups in total. The molecule has 0 spiro atoms. The Labute approximate surface area is 219 Å². The van der Waals surface area contributed by atoms with Crippen molar-refractivity contribution in [3.8, 4) is 17.2 Å². The first-order valence-electron chi connectivity index (χ1n) is 11.8. The van der Waals surface area contributed by atoms with Gasteiger partial charge < -0.3 is 24.1 Å². The Morgan fingerprint density at radius 1 is 0.868 bits per heavy atom. The molecule has 1 amide bonds. The second kappa shape index (κ2) is 11.1. The fourth-order valence-corrected chi connectivity index (χ4v) is 4.34. The predicted molar refractivity (Wildman–Crippen MR) is 140 cm³/mol. The van der Waals surface area contributed by atoms with E-state index in [-0.39, 0.29) is 29.1 Å². The quantitative estimate of drug-likeness (QED) is 0.201. The molecule has 1 aliphatic heterocycles. The molecule has 0 saturated carbocycles. The average Bonchev–Trinajstić information content (AvgIpc) is 3.22. The monoisotopic (exact) mass is 517 g/mol. The van der Waals surface area contributed by atoms with E-state index in [2.05, 4.69) is 0 Å². The maximum atomic E-state index is 13.4. The van der Waals surface area contributed by atoms with E-state index in [1.54, 1.807) is 61.5 Å². The molecule has 196 valence electrons. The number of carbonyl (C=O) groups excluding carboxylic acids is 3. The number of nitrogens with zero attached hydrogens (tertiary/aromatic N) is 1. The van der Waals surface area contributed by atoms with Crippen LogP contribution in [0.5, 0.6) is 17.2 Å². The molecule has 1 atom stereocenters. The number of benzene rings is 3. The molecular formula is C29H27NO8. The van der Waals surface area contributed by atoms with Crippen molar-refractivity contribution >= 4 is 29.1 Å². The normalized spacial score (nSPS) is 16.3.